The van der Waals surface area contributed by atoms with E-state index >= 15 is 0 Å². The van der Waals surface area contributed by atoms with Crippen LogP contribution >= 0.6 is 0 Å². The van der Waals surface area contributed by atoms with Crippen molar-refractivity contribution in [1.82, 2.24) is 14.9 Å². The van der Waals surface area contributed by atoms with E-state index in [2.05, 4.69) is 47.1 Å². The average Bonchev–Trinajstić information content (AvgIpc) is 2.69. The highest BCUT2D eigenvalue weighted by molar-refractivity contribution is 5.88. The molecule has 1 fully saturated rings. The van der Waals surface area contributed by atoms with Gasteiger partial charge < -0.3 is 10.5 Å². The quantitative estimate of drug-likeness (QED) is 0.750. The topological polar surface area (TPSA) is 64.3 Å². The van der Waals surface area contributed by atoms with E-state index < -0.39 is 0 Å². The second-order valence-electron chi connectivity index (χ2n) is 7.32. The van der Waals surface area contributed by atoms with Crippen molar-refractivity contribution in [2.45, 2.75) is 39.0 Å². The summed E-state index contributed by atoms with van der Waals surface area (Å²) in [5, 5.41) is 0.937. The van der Waals surface area contributed by atoms with E-state index in [4.69, 9.17) is 15.5 Å². The maximum atomic E-state index is 6.16. The van der Waals surface area contributed by atoms with E-state index in [9.17, 15) is 0 Å². The molecular formula is C22H26N4O. The summed E-state index contributed by atoms with van der Waals surface area (Å²) in [7, 11) is 0. The van der Waals surface area contributed by atoms with Gasteiger partial charge in [-0.05, 0) is 37.5 Å². The molecular weight excluding hydrogens is 336 g/mol. The second kappa shape index (κ2) is 8.03. The Kier molecular flexibility index (Phi) is 5.32. The number of nitrogens with two attached hydrogens (primary N) is 1. The summed E-state index contributed by atoms with van der Waals surface area (Å²) in [6.07, 6.45) is 2.40. The lowest BCUT2D eigenvalue weighted by Gasteiger charge is -2.31. The third-order valence-corrected chi connectivity index (χ3v) is 5.16. The predicted molar refractivity (Wildman–Crippen MR) is 108 cm³/mol. The first-order valence-electron chi connectivity index (χ1n) is 9.58. The molecule has 4 rings (SSSR count). The Morgan fingerprint density at radius 1 is 1.07 bits per heavy atom. The third-order valence-electron chi connectivity index (χ3n) is 5.16. The Morgan fingerprint density at radius 3 is 2.63 bits per heavy atom. The summed E-state index contributed by atoms with van der Waals surface area (Å²) in [6.45, 7) is 5.47. The zero-order chi connectivity index (χ0) is 18.6. The Balaban J connectivity index is 1.32. The van der Waals surface area contributed by atoms with Crippen LogP contribution in [-0.2, 0) is 17.9 Å². The fourth-order valence-corrected chi connectivity index (χ4v) is 3.61. The summed E-state index contributed by atoms with van der Waals surface area (Å²) >= 11 is 0. The number of nitrogens with zero attached hydrogens (tertiary/aromatic N) is 3. The van der Waals surface area contributed by atoms with Gasteiger partial charge in [-0.1, -0.05) is 42.0 Å². The fraction of sp³-hybridized carbons (Fsp3) is 0.364. The molecule has 3 aromatic rings. The highest BCUT2D eigenvalue weighted by Gasteiger charge is 2.21. The normalized spacial score (nSPS) is 16.0. The van der Waals surface area contributed by atoms with Gasteiger partial charge in [0.15, 0.2) is 0 Å². The SMILES string of the molecule is Cc1ccc2nc(CN3CCC(OCc4ccccc4)CC3)nc(N)c2c1. The molecule has 1 saturated heterocycles. The first kappa shape index (κ1) is 17.9. The molecule has 0 atom stereocenters. The van der Waals surface area contributed by atoms with Crippen molar-refractivity contribution in [3.8, 4) is 0 Å². The minimum atomic E-state index is 0.326. The second-order valence-corrected chi connectivity index (χ2v) is 7.32. The summed E-state index contributed by atoms with van der Waals surface area (Å²) in [4.78, 5) is 11.6. The molecule has 0 spiro atoms. The summed E-state index contributed by atoms with van der Waals surface area (Å²) in [5.41, 5.74) is 9.48. The van der Waals surface area contributed by atoms with Crippen molar-refractivity contribution >= 4 is 16.7 Å². The fourth-order valence-electron chi connectivity index (χ4n) is 3.61. The molecule has 2 aromatic carbocycles. The standard InChI is InChI=1S/C22H26N4O/c1-16-7-8-20-19(13-16)22(23)25-21(24-20)14-26-11-9-18(10-12-26)27-15-17-5-3-2-4-6-17/h2-8,13,18H,9-12,14-15H2,1H3,(H2,23,24,25). The van der Waals surface area contributed by atoms with E-state index in [1.807, 2.05) is 18.2 Å². The lowest BCUT2D eigenvalue weighted by molar-refractivity contribution is -0.00434. The van der Waals surface area contributed by atoms with Crippen LogP contribution in [0.1, 0.15) is 29.8 Å². The number of hydrogen-bond acceptors (Lipinski definition) is 5. The van der Waals surface area contributed by atoms with Crippen molar-refractivity contribution in [1.29, 1.82) is 0 Å². The maximum absolute atomic E-state index is 6.16. The summed E-state index contributed by atoms with van der Waals surface area (Å²) in [5.74, 6) is 1.37. The zero-order valence-electron chi connectivity index (χ0n) is 15.8. The minimum Gasteiger partial charge on any atom is -0.383 e. The molecule has 0 amide bonds. The van der Waals surface area contributed by atoms with Crippen LogP contribution in [0.4, 0.5) is 5.82 Å². The van der Waals surface area contributed by atoms with Crippen LogP contribution < -0.4 is 5.73 Å². The Labute approximate surface area is 160 Å². The van der Waals surface area contributed by atoms with E-state index in [0.29, 0.717) is 18.5 Å². The predicted octanol–water partition coefficient (Wildman–Crippen LogP) is 3.70. The van der Waals surface area contributed by atoms with Gasteiger partial charge in [0, 0.05) is 18.5 Å². The summed E-state index contributed by atoms with van der Waals surface area (Å²) in [6, 6.07) is 16.5. The lowest BCUT2D eigenvalue weighted by Crippen LogP contribution is -2.37. The monoisotopic (exact) mass is 362 g/mol. The maximum Gasteiger partial charge on any atom is 0.145 e. The van der Waals surface area contributed by atoms with Crippen molar-refractivity contribution in [2.75, 3.05) is 18.8 Å². The van der Waals surface area contributed by atoms with Gasteiger partial charge in [-0.2, -0.15) is 0 Å². The van der Waals surface area contributed by atoms with Gasteiger partial charge in [-0.25, -0.2) is 9.97 Å². The molecule has 2 heterocycles. The molecule has 1 aliphatic heterocycles. The molecule has 0 saturated carbocycles. The molecule has 5 heteroatoms. The van der Waals surface area contributed by atoms with Crippen LogP contribution in [0, 0.1) is 6.92 Å². The number of aryl methyl sites for hydroxylation is 1. The number of ether oxygens (including phenoxy) is 1. The van der Waals surface area contributed by atoms with E-state index in [1.165, 1.54) is 11.1 Å². The van der Waals surface area contributed by atoms with Gasteiger partial charge >= 0.3 is 0 Å². The smallest absolute Gasteiger partial charge is 0.145 e. The van der Waals surface area contributed by atoms with Gasteiger partial charge in [0.1, 0.15) is 11.6 Å². The molecule has 0 unspecified atom stereocenters. The first-order chi connectivity index (χ1) is 13.2. The molecule has 0 radical (unpaired) electrons. The van der Waals surface area contributed by atoms with Crippen molar-refractivity contribution in [3.05, 3.63) is 65.5 Å². The number of rotatable bonds is 5. The van der Waals surface area contributed by atoms with Gasteiger partial charge in [0.2, 0.25) is 0 Å². The number of benzene rings is 2. The Hall–Kier alpha value is -2.50. The number of anilines is 1. The zero-order valence-corrected chi connectivity index (χ0v) is 15.8. The van der Waals surface area contributed by atoms with Crippen molar-refractivity contribution < 1.29 is 4.74 Å². The highest BCUT2D eigenvalue weighted by atomic mass is 16.5. The number of hydrogen-bond donors (Lipinski definition) is 1. The minimum absolute atomic E-state index is 0.326. The molecule has 140 valence electrons. The number of aromatic nitrogens is 2. The number of fused-ring (bicyclic) bond motifs is 1. The van der Waals surface area contributed by atoms with Gasteiger partial charge in [-0.15, -0.1) is 0 Å². The van der Waals surface area contributed by atoms with Crippen LogP contribution in [0.25, 0.3) is 10.9 Å². The van der Waals surface area contributed by atoms with Crippen LogP contribution in [0.2, 0.25) is 0 Å². The van der Waals surface area contributed by atoms with E-state index in [0.717, 1.165) is 49.2 Å². The lowest BCUT2D eigenvalue weighted by atomic mass is 10.1. The molecule has 1 aliphatic rings. The average molecular weight is 362 g/mol. The summed E-state index contributed by atoms with van der Waals surface area (Å²) < 4.78 is 6.08. The Morgan fingerprint density at radius 2 is 1.85 bits per heavy atom. The van der Waals surface area contributed by atoms with Gasteiger partial charge in [0.05, 0.1) is 24.8 Å². The van der Waals surface area contributed by atoms with Crippen molar-refractivity contribution in [3.63, 3.8) is 0 Å². The first-order valence-corrected chi connectivity index (χ1v) is 9.58. The number of piperidine rings is 1. The molecule has 2 N–H and O–H groups in total. The van der Waals surface area contributed by atoms with Gasteiger partial charge in [-0.3, -0.25) is 4.90 Å². The Bertz CT molecular complexity index is 905. The number of nitrogen functional groups attached to an aromatic ring is 1. The third kappa shape index (κ3) is 4.43. The highest BCUT2D eigenvalue weighted by Crippen LogP contribution is 2.21. The van der Waals surface area contributed by atoms with Crippen LogP contribution in [0.15, 0.2) is 48.5 Å². The molecule has 0 aliphatic carbocycles. The van der Waals surface area contributed by atoms with E-state index in [1.54, 1.807) is 0 Å². The number of likely N-dealkylation sites (tertiary alicyclic amines) is 1. The molecule has 0 bridgehead atoms. The molecule has 27 heavy (non-hydrogen) atoms. The van der Waals surface area contributed by atoms with Crippen LogP contribution in [0.5, 0.6) is 0 Å². The van der Waals surface area contributed by atoms with Crippen molar-refractivity contribution in [2.24, 2.45) is 0 Å². The van der Waals surface area contributed by atoms with E-state index in [-0.39, 0.29) is 0 Å². The molecule has 1 aromatic heterocycles. The van der Waals surface area contributed by atoms with Crippen LogP contribution in [-0.4, -0.2) is 34.1 Å². The van der Waals surface area contributed by atoms with Gasteiger partial charge in [0.25, 0.3) is 0 Å². The van der Waals surface area contributed by atoms with Crippen LogP contribution in [0.3, 0.4) is 0 Å². The molecule has 5 nitrogen and oxygen atoms in total. The largest absolute Gasteiger partial charge is 0.383 e.